The molecular formula is C26H38N6S. The third-order valence-corrected chi connectivity index (χ3v) is 7.18. The predicted molar refractivity (Wildman–Crippen MR) is 143 cm³/mol. The highest BCUT2D eigenvalue weighted by Gasteiger charge is 2.24. The van der Waals surface area contributed by atoms with Gasteiger partial charge in [0, 0.05) is 37.4 Å². The highest BCUT2D eigenvalue weighted by atomic mass is 32.1. The smallest absolute Gasteiger partial charge is 0.225 e. The largest absolute Gasteiger partial charge is 0.362 e. The van der Waals surface area contributed by atoms with Gasteiger partial charge < -0.3 is 20.9 Å². The second-order valence-electron chi connectivity index (χ2n) is 9.65. The first-order valence-electron chi connectivity index (χ1n) is 12.4. The SMILES string of the molecule is CCc1cccc(C)c1NC(=S)NC1CCC(Nc2nc3c(c(N(C)C)n2)CCCC3)CC1. The maximum atomic E-state index is 5.65. The van der Waals surface area contributed by atoms with Crippen molar-refractivity contribution in [2.45, 2.75) is 83.7 Å². The van der Waals surface area contributed by atoms with E-state index in [4.69, 9.17) is 22.2 Å². The molecule has 1 aromatic carbocycles. The number of aryl methyl sites for hydroxylation is 3. The van der Waals surface area contributed by atoms with E-state index in [2.05, 4.69) is 67.0 Å². The van der Waals surface area contributed by atoms with Gasteiger partial charge in [-0.25, -0.2) is 4.98 Å². The maximum absolute atomic E-state index is 5.65. The summed E-state index contributed by atoms with van der Waals surface area (Å²) >= 11 is 5.65. The molecule has 3 N–H and O–H groups in total. The fourth-order valence-corrected chi connectivity index (χ4v) is 5.38. The van der Waals surface area contributed by atoms with Crippen molar-refractivity contribution < 1.29 is 0 Å². The quantitative estimate of drug-likeness (QED) is 0.518. The Morgan fingerprint density at radius 2 is 1.79 bits per heavy atom. The van der Waals surface area contributed by atoms with E-state index >= 15 is 0 Å². The van der Waals surface area contributed by atoms with Crippen LogP contribution in [-0.4, -0.2) is 41.3 Å². The summed E-state index contributed by atoms with van der Waals surface area (Å²) < 4.78 is 0. The van der Waals surface area contributed by atoms with E-state index in [1.165, 1.54) is 35.2 Å². The molecule has 4 rings (SSSR count). The van der Waals surface area contributed by atoms with Gasteiger partial charge in [0.25, 0.3) is 0 Å². The van der Waals surface area contributed by atoms with Crippen LogP contribution in [0.15, 0.2) is 18.2 Å². The number of rotatable bonds is 6. The summed E-state index contributed by atoms with van der Waals surface area (Å²) in [5.41, 5.74) is 6.25. The first-order chi connectivity index (χ1) is 15.9. The molecule has 33 heavy (non-hydrogen) atoms. The number of nitrogens with one attached hydrogen (secondary N) is 3. The molecular weight excluding hydrogens is 428 g/mol. The van der Waals surface area contributed by atoms with Crippen LogP contribution in [0.3, 0.4) is 0 Å². The molecule has 0 spiro atoms. The second-order valence-corrected chi connectivity index (χ2v) is 10.1. The van der Waals surface area contributed by atoms with Crippen molar-refractivity contribution in [3.05, 3.63) is 40.6 Å². The normalized spacial score (nSPS) is 20.0. The molecule has 0 bridgehead atoms. The molecule has 2 aromatic rings. The summed E-state index contributed by atoms with van der Waals surface area (Å²) in [6.45, 7) is 4.31. The summed E-state index contributed by atoms with van der Waals surface area (Å²) in [6.07, 6.45) is 9.95. The number of aromatic nitrogens is 2. The van der Waals surface area contributed by atoms with Gasteiger partial charge in [-0.05, 0) is 88.1 Å². The average molecular weight is 467 g/mol. The Bertz CT molecular complexity index is 981. The number of anilines is 3. The van der Waals surface area contributed by atoms with E-state index in [1.54, 1.807) is 0 Å². The average Bonchev–Trinajstić information content (AvgIpc) is 2.81. The zero-order chi connectivity index (χ0) is 23.4. The third-order valence-electron chi connectivity index (χ3n) is 6.96. The Hall–Kier alpha value is -2.41. The summed E-state index contributed by atoms with van der Waals surface area (Å²) in [4.78, 5) is 11.9. The van der Waals surface area contributed by atoms with Crippen LogP contribution >= 0.6 is 12.2 Å². The predicted octanol–water partition coefficient (Wildman–Crippen LogP) is 5.00. The zero-order valence-electron chi connectivity index (χ0n) is 20.5. The first kappa shape index (κ1) is 23.7. The molecule has 0 atom stereocenters. The molecule has 2 aliphatic rings. The minimum Gasteiger partial charge on any atom is -0.362 e. The van der Waals surface area contributed by atoms with Crippen LogP contribution in [0, 0.1) is 6.92 Å². The van der Waals surface area contributed by atoms with Crippen LogP contribution in [0.25, 0.3) is 0 Å². The summed E-state index contributed by atoms with van der Waals surface area (Å²) in [6, 6.07) is 7.21. The lowest BCUT2D eigenvalue weighted by molar-refractivity contribution is 0.387. The van der Waals surface area contributed by atoms with Crippen molar-refractivity contribution in [3.8, 4) is 0 Å². The molecule has 0 amide bonds. The topological polar surface area (TPSA) is 65.1 Å². The van der Waals surface area contributed by atoms with E-state index in [-0.39, 0.29) is 0 Å². The first-order valence-corrected chi connectivity index (χ1v) is 12.8. The molecule has 2 aliphatic carbocycles. The molecule has 7 heteroatoms. The number of benzene rings is 1. The van der Waals surface area contributed by atoms with Gasteiger partial charge in [-0.2, -0.15) is 4.98 Å². The van der Waals surface area contributed by atoms with E-state index in [1.807, 2.05) is 0 Å². The van der Waals surface area contributed by atoms with Gasteiger partial charge in [0.05, 0.1) is 5.69 Å². The molecule has 6 nitrogen and oxygen atoms in total. The van der Waals surface area contributed by atoms with Crippen LogP contribution in [0.5, 0.6) is 0 Å². The minimum atomic E-state index is 0.402. The van der Waals surface area contributed by atoms with Gasteiger partial charge in [-0.15, -0.1) is 0 Å². The Labute approximate surface area is 204 Å². The Morgan fingerprint density at radius 3 is 2.52 bits per heavy atom. The number of thiocarbonyl (C=S) groups is 1. The third kappa shape index (κ3) is 5.75. The van der Waals surface area contributed by atoms with Crippen LogP contribution in [0.2, 0.25) is 0 Å². The molecule has 0 aliphatic heterocycles. The lowest BCUT2D eigenvalue weighted by atomic mass is 9.91. The number of para-hydroxylation sites is 1. The number of hydrogen-bond donors (Lipinski definition) is 3. The Kier molecular flexibility index (Phi) is 7.68. The molecule has 0 unspecified atom stereocenters. The van der Waals surface area contributed by atoms with Crippen molar-refractivity contribution in [3.63, 3.8) is 0 Å². The highest BCUT2D eigenvalue weighted by Crippen LogP contribution is 2.29. The van der Waals surface area contributed by atoms with E-state index in [0.29, 0.717) is 12.1 Å². The fourth-order valence-electron chi connectivity index (χ4n) is 5.11. The monoisotopic (exact) mass is 466 g/mol. The van der Waals surface area contributed by atoms with Gasteiger partial charge in [-0.1, -0.05) is 25.1 Å². The molecule has 0 radical (unpaired) electrons. The van der Waals surface area contributed by atoms with Crippen molar-refractivity contribution in [2.24, 2.45) is 0 Å². The standard InChI is InChI=1S/C26H38N6S/c1-5-18-10-8-9-17(2)23(18)30-26(33)28-20-15-13-19(14-16-20)27-25-29-22-12-7-6-11-21(22)24(31-25)32(3)4/h8-10,19-20H,5-7,11-16H2,1-4H3,(H,27,29,31)(H2,28,30,33). The molecule has 0 saturated heterocycles. The highest BCUT2D eigenvalue weighted by molar-refractivity contribution is 7.80. The van der Waals surface area contributed by atoms with Crippen molar-refractivity contribution >= 4 is 34.8 Å². The summed E-state index contributed by atoms with van der Waals surface area (Å²) in [5, 5.41) is 11.4. The van der Waals surface area contributed by atoms with Crippen LogP contribution in [0.4, 0.5) is 17.5 Å². The van der Waals surface area contributed by atoms with Crippen LogP contribution in [-0.2, 0) is 19.3 Å². The lowest BCUT2D eigenvalue weighted by Gasteiger charge is -2.31. The minimum absolute atomic E-state index is 0.402. The lowest BCUT2D eigenvalue weighted by Crippen LogP contribution is -2.42. The number of nitrogens with zero attached hydrogens (tertiary/aromatic N) is 3. The molecule has 1 heterocycles. The fraction of sp³-hybridized carbons (Fsp3) is 0.577. The van der Waals surface area contributed by atoms with E-state index in [9.17, 15) is 0 Å². The maximum Gasteiger partial charge on any atom is 0.225 e. The Balaban J connectivity index is 1.32. The number of hydrogen-bond acceptors (Lipinski definition) is 5. The molecule has 178 valence electrons. The van der Waals surface area contributed by atoms with E-state index < -0.39 is 0 Å². The van der Waals surface area contributed by atoms with Crippen LogP contribution in [0.1, 0.15) is 67.8 Å². The molecule has 1 fully saturated rings. The van der Waals surface area contributed by atoms with Crippen LogP contribution < -0.4 is 20.9 Å². The molecule has 1 aromatic heterocycles. The van der Waals surface area contributed by atoms with Gasteiger partial charge >= 0.3 is 0 Å². The zero-order valence-corrected chi connectivity index (χ0v) is 21.3. The van der Waals surface area contributed by atoms with Gasteiger partial charge in [0.15, 0.2) is 5.11 Å². The summed E-state index contributed by atoms with van der Waals surface area (Å²) in [7, 11) is 4.16. The van der Waals surface area contributed by atoms with Crippen molar-refractivity contribution in [1.82, 2.24) is 15.3 Å². The Morgan fingerprint density at radius 1 is 1.06 bits per heavy atom. The molecule has 1 saturated carbocycles. The van der Waals surface area contributed by atoms with E-state index in [0.717, 1.165) is 67.5 Å². The van der Waals surface area contributed by atoms with Gasteiger partial charge in [0.1, 0.15) is 5.82 Å². The summed E-state index contributed by atoms with van der Waals surface area (Å²) in [5.74, 6) is 1.87. The van der Waals surface area contributed by atoms with Crippen molar-refractivity contribution in [2.75, 3.05) is 29.6 Å². The van der Waals surface area contributed by atoms with Gasteiger partial charge in [-0.3, -0.25) is 0 Å². The number of fused-ring (bicyclic) bond motifs is 1. The van der Waals surface area contributed by atoms with Crippen molar-refractivity contribution in [1.29, 1.82) is 0 Å². The van der Waals surface area contributed by atoms with Gasteiger partial charge in [0.2, 0.25) is 5.95 Å². The second kappa shape index (κ2) is 10.7.